The number of allylic oxidation sites excluding steroid dienone is 3. The number of nitrogens with one attached hydrogen (secondary N) is 1. The SMILES string of the molecule is CCC(C)OC(=O)C1=C(C)NC2=C(C(=O)CC(c3ccc(OC)c(OC)c3)C2)C1c1ccc(O)c(OC)c1. The lowest BCUT2D eigenvalue weighted by Gasteiger charge is -2.37. The molecule has 3 atom stereocenters. The molecule has 4 rings (SSSR count). The van der Waals surface area contributed by atoms with Crippen LogP contribution in [0.25, 0.3) is 0 Å². The van der Waals surface area contributed by atoms with Gasteiger partial charge >= 0.3 is 5.97 Å². The standard InChI is InChI=1S/C30H35NO7/c1-7-16(2)38-30(34)27-17(3)31-21-12-20(18-9-11-24(35-4)26(14-18)37-6)13-23(33)29(21)28(27)19-8-10-22(32)25(15-19)36-5/h8-11,14-16,20,28,31-32H,7,12-13H2,1-6H3. The van der Waals surface area contributed by atoms with Crippen LogP contribution < -0.4 is 19.5 Å². The smallest absolute Gasteiger partial charge is 0.337 e. The van der Waals surface area contributed by atoms with Gasteiger partial charge < -0.3 is 29.4 Å². The normalized spacial score (nSPS) is 19.9. The van der Waals surface area contributed by atoms with E-state index in [1.54, 1.807) is 26.4 Å². The zero-order valence-electron chi connectivity index (χ0n) is 22.7. The molecule has 0 amide bonds. The fourth-order valence-electron chi connectivity index (χ4n) is 5.19. The van der Waals surface area contributed by atoms with Crippen LogP contribution in [-0.2, 0) is 14.3 Å². The zero-order valence-corrected chi connectivity index (χ0v) is 22.7. The number of Topliss-reactive ketones (excluding diaryl/α,β-unsaturated/α-hetero) is 1. The van der Waals surface area contributed by atoms with Crippen molar-refractivity contribution in [2.24, 2.45) is 0 Å². The van der Waals surface area contributed by atoms with E-state index in [1.807, 2.05) is 39.0 Å². The molecule has 3 unspecified atom stereocenters. The van der Waals surface area contributed by atoms with Crippen LogP contribution in [0.5, 0.6) is 23.0 Å². The number of esters is 1. The average Bonchev–Trinajstić information content (AvgIpc) is 2.91. The van der Waals surface area contributed by atoms with Crippen molar-refractivity contribution in [3.8, 4) is 23.0 Å². The van der Waals surface area contributed by atoms with Crippen LogP contribution in [0.4, 0.5) is 0 Å². The first-order valence-corrected chi connectivity index (χ1v) is 12.8. The van der Waals surface area contributed by atoms with E-state index in [0.717, 1.165) is 11.3 Å². The maximum atomic E-state index is 13.8. The number of aromatic hydroxyl groups is 1. The number of rotatable bonds is 8. The van der Waals surface area contributed by atoms with Gasteiger partial charge in [0, 0.05) is 29.3 Å². The minimum atomic E-state index is -0.656. The minimum Gasteiger partial charge on any atom is -0.504 e. The summed E-state index contributed by atoms with van der Waals surface area (Å²) in [5.41, 5.74) is 3.97. The highest BCUT2D eigenvalue weighted by Crippen LogP contribution is 2.47. The summed E-state index contributed by atoms with van der Waals surface area (Å²) in [6, 6.07) is 10.6. The van der Waals surface area contributed by atoms with E-state index in [-0.39, 0.29) is 35.7 Å². The first-order valence-electron chi connectivity index (χ1n) is 12.8. The molecule has 0 bridgehead atoms. The van der Waals surface area contributed by atoms with Crippen LogP contribution in [0.3, 0.4) is 0 Å². The Kier molecular flexibility index (Phi) is 7.99. The molecule has 2 aliphatic rings. The maximum absolute atomic E-state index is 13.8. The van der Waals surface area contributed by atoms with E-state index < -0.39 is 11.9 Å². The van der Waals surface area contributed by atoms with Crippen LogP contribution >= 0.6 is 0 Å². The van der Waals surface area contributed by atoms with Gasteiger partial charge in [0.1, 0.15) is 0 Å². The number of hydrogen-bond donors (Lipinski definition) is 2. The number of dihydropyridines is 1. The van der Waals surface area contributed by atoms with Gasteiger partial charge in [-0.2, -0.15) is 0 Å². The lowest BCUT2D eigenvalue weighted by atomic mass is 9.71. The van der Waals surface area contributed by atoms with Crippen molar-refractivity contribution < 1.29 is 33.6 Å². The predicted molar refractivity (Wildman–Crippen MR) is 143 cm³/mol. The summed E-state index contributed by atoms with van der Waals surface area (Å²) in [6.45, 7) is 5.61. The second-order valence-electron chi connectivity index (χ2n) is 9.69. The Balaban J connectivity index is 1.80. The molecule has 1 heterocycles. The van der Waals surface area contributed by atoms with E-state index in [1.165, 1.54) is 13.2 Å². The number of phenols is 1. The first-order chi connectivity index (χ1) is 18.2. The molecule has 1 aliphatic carbocycles. The first kappa shape index (κ1) is 27.1. The summed E-state index contributed by atoms with van der Waals surface area (Å²) in [6.07, 6.45) is 1.25. The third kappa shape index (κ3) is 5.08. The Hall–Kier alpha value is -3.94. The number of ketones is 1. The molecule has 2 aromatic carbocycles. The van der Waals surface area contributed by atoms with Crippen molar-refractivity contribution in [3.63, 3.8) is 0 Å². The molecule has 38 heavy (non-hydrogen) atoms. The van der Waals surface area contributed by atoms with Crippen molar-refractivity contribution in [3.05, 3.63) is 70.1 Å². The van der Waals surface area contributed by atoms with E-state index in [0.29, 0.717) is 46.7 Å². The third-order valence-corrected chi connectivity index (χ3v) is 7.35. The molecule has 8 heteroatoms. The van der Waals surface area contributed by atoms with Gasteiger partial charge in [-0.1, -0.05) is 19.1 Å². The molecular formula is C30H35NO7. The van der Waals surface area contributed by atoms with Crippen LogP contribution in [0.1, 0.15) is 63.0 Å². The van der Waals surface area contributed by atoms with Crippen molar-refractivity contribution in [1.29, 1.82) is 0 Å². The van der Waals surface area contributed by atoms with Crippen LogP contribution in [0.2, 0.25) is 0 Å². The number of carbonyl (C=O) groups excluding carboxylic acids is 2. The third-order valence-electron chi connectivity index (χ3n) is 7.35. The average molecular weight is 522 g/mol. The largest absolute Gasteiger partial charge is 0.504 e. The zero-order chi connectivity index (χ0) is 27.6. The highest BCUT2D eigenvalue weighted by atomic mass is 16.5. The van der Waals surface area contributed by atoms with E-state index >= 15 is 0 Å². The molecule has 202 valence electrons. The molecular weight excluding hydrogens is 486 g/mol. The molecule has 0 fully saturated rings. The van der Waals surface area contributed by atoms with Crippen LogP contribution in [-0.4, -0.2) is 44.3 Å². The Morgan fingerprint density at radius 2 is 1.66 bits per heavy atom. The fraction of sp³-hybridized carbons (Fsp3) is 0.400. The molecule has 0 spiro atoms. The number of benzene rings is 2. The van der Waals surface area contributed by atoms with Crippen LogP contribution in [0.15, 0.2) is 58.9 Å². The van der Waals surface area contributed by atoms with Gasteiger partial charge in [0.15, 0.2) is 28.8 Å². The molecule has 2 N–H and O–H groups in total. The minimum absolute atomic E-state index is 0.0210. The fourth-order valence-corrected chi connectivity index (χ4v) is 5.19. The number of methoxy groups -OCH3 is 3. The van der Waals surface area contributed by atoms with Gasteiger partial charge in [-0.05, 0) is 68.0 Å². The lowest BCUT2D eigenvalue weighted by Crippen LogP contribution is -2.36. The van der Waals surface area contributed by atoms with Gasteiger partial charge in [-0.15, -0.1) is 0 Å². The predicted octanol–water partition coefficient (Wildman–Crippen LogP) is 5.12. The lowest BCUT2D eigenvalue weighted by molar-refractivity contribution is -0.144. The Labute approximate surface area is 223 Å². The van der Waals surface area contributed by atoms with E-state index in [2.05, 4.69) is 5.32 Å². The molecule has 8 nitrogen and oxygen atoms in total. The Bertz CT molecular complexity index is 1310. The summed E-state index contributed by atoms with van der Waals surface area (Å²) in [7, 11) is 4.63. The van der Waals surface area contributed by atoms with Crippen molar-refractivity contribution in [2.75, 3.05) is 21.3 Å². The number of carbonyl (C=O) groups is 2. The molecule has 0 aromatic heterocycles. The second kappa shape index (κ2) is 11.2. The Morgan fingerprint density at radius 1 is 1.00 bits per heavy atom. The van der Waals surface area contributed by atoms with Gasteiger partial charge in [-0.3, -0.25) is 4.79 Å². The van der Waals surface area contributed by atoms with E-state index in [4.69, 9.17) is 18.9 Å². The summed E-state index contributed by atoms with van der Waals surface area (Å²) < 4.78 is 21.9. The maximum Gasteiger partial charge on any atom is 0.337 e. The van der Waals surface area contributed by atoms with Gasteiger partial charge in [0.05, 0.1) is 33.0 Å². The quantitative estimate of drug-likeness (QED) is 0.462. The molecule has 0 saturated carbocycles. The summed E-state index contributed by atoms with van der Waals surface area (Å²) in [5.74, 6) is 0.211. The van der Waals surface area contributed by atoms with Gasteiger partial charge in [0.25, 0.3) is 0 Å². The number of phenolic OH excluding ortho intramolecular Hbond substituents is 1. The second-order valence-corrected chi connectivity index (χ2v) is 9.69. The van der Waals surface area contributed by atoms with Crippen molar-refractivity contribution in [2.45, 2.75) is 58.0 Å². The monoisotopic (exact) mass is 521 g/mol. The molecule has 2 aromatic rings. The van der Waals surface area contributed by atoms with Gasteiger partial charge in [-0.25, -0.2) is 4.79 Å². The van der Waals surface area contributed by atoms with E-state index in [9.17, 15) is 14.7 Å². The topological polar surface area (TPSA) is 103 Å². The number of hydrogen-bond acceptors (Lipinski definition) is 8. The molecule has 0 radical (unpaired) electrons. The van der Waals surface area contributed by atoms with Crippen molar-refractivity contribution >= 4 is 11.8 Å². The highest BCUT2D eigenvalue weighted by Gasteiger charge is 2.42. The van der Waals surface area contributed by atoms with Crippen molar-refractivity contribution in [1.82, 2.24) is 5.32 Å². The Morgan fingerprint density at radius 3 is 2.32 bits per heavy atom. The molecule has 0 saturated heterocycles. The highest BCUT2D eigenvalue weighted by molar-refractivity contribution is 6.04. The summed E-state index contributed by atoms with van der Waals surface area (Å²) in [5, 5.41) is 13.6. The summed E-state index contributed by atoms with van der Waals surface area (Å²) in [4.78, 5) is 27.3. The van der Waals surface area contributed by atoms with Crippen LogP contribution in [0, 0.1) is 0 Å². The van der Waals surface area contributed by atoms with Gasteiger partial charge in [0.2, 0.25) is 0 Å². The summed E-state index contributed by atoms with van der Waals surface area (Å²) >= 11 is 0. The number of ether oxygens (including phenoxy) is 4. The molecule has 1 aliphatic heterocycles.